The van der Waals surface area contributed by atoms with E-state index in [-0.39, 0.29) is 0 Å². The van der Waals surface area contributed by atoms with E-state index in [4.69, 9.17) is 0 Å². The van der Waals surface area contributed by atoms with E-state index >= 15 is 0 Å². The summed E-state index contributed by atoms with van der Waals surface area (Å²) < 4.78 is 1.77. The Kier molecular flexibility index (Phi) is 2.99. The molecule has 1 fully saturated rings. The van der Waals surface area contributed by atoms with Gasteiger partial charge in [-0.05, 0) is 31.4 Å². The van der Waals surface area contributed by atoms with Crippen molar-refractivity contribution in [1.29, 1.82) is 0 Å². The maximum atomic E-state index is 4.48. The number of anilines is 1. The van der Waals surface area contributed by atoms with Crippen molar-refractivity contribution < 1.29 is 0 Å². The summed E-state index contributed by atoms with van der Waals surface area (Å²) >= 11 is 0. The molecule has 0 radical (unpaired) electrons. The quantitative estimate of drug-likeness (QED) is 0.720. The summed E-state index contributed by atoms with van der Waals surface area (Å²) in [5.74, 6) is 1.76. The lowest BCUT2D eigenvalue weighted by atomic mass is 10.1. The fourth-order valence-electron chi connectivity index (χ4n) is 2.84. The van der Waals surface area contributed by atoms with Gasteiger partial charge < -0.3 is 4.90 Å². The molecule has 0 N–H and O–H groups in total. The molecule has 106 valence electrons. The molecule has 4 heterocycles. The number of rotatable bonds is 2. The first kappa shape index (κ1) is 12.3. The first-order valence-electron chi connectivity index (χ1n) is 7.28. The molecule has 0 aliphatic carbocycles. The third kappa shape index (κ3) is 2.12. The lowest BCUT2D eigenvalue weighted by Gasteiger charge is -2.27. The fourth-order valence-corrected chi connectivity index (χ4v) is 2.84. The van der Waals surface area contributed by atoms with Crippen LogP contribution in [0.3, 0.4) is 0 Å². The van der Waals surface area contributed by atoms with Crippen molar-refractivity contribution in [3.63, 3.8) is 0 Å². The van der Waals surface area contributed by atoms with Gasteiger partial charge >= 0.3 is 0 Å². The van der Waals surface area contributed by atoms with Crippen molar-refractivity contribution in [1.82, 2.24) is 24.7 Å². The van der Waals surface area contributed by atoms with E-state index in [1.54, 1.807) is 17.2 Å². The molecule has 0 amide bonds. The summed E-state index contributed by atoms with van der Waals surface area (Å²) in [5.41, 5.74) is 0.810. The van der Waals surface area contributed by atoms with Gasteiger partial charge in [-0.2, -0.15) is 9.78 Å². The third-order valence-electron chi connectivity index (χ3n) is 3.87. The van der Waals surface area contributed by atoms with Crippen LogP contribution in [0.15, 0.2) is 36.9 Å². The Labute approximate surface area is 122 Å². The minimum absolute atomic E-state index is 0.774. The molecule has 1 saturated heterocycles. The molecule has 6 nitrogen and oxygen atoms in total. The SMILES string of the molecule is c1ccc(-n2ncc3c(N4CCCCC4)ncnc32)nc1. The standard InChI is InChI=1S/C15H16N6/c1-4-8-20(9-5-1)14-12-10-19-21(15(12)18-11-17-14)13-6-2-3-7-16-13/h2-3,6-7,10-11H,1,4-5,8-9H2. The van der Waals surface area contributed by atoms with Crippen molar-refractivity contribution in [2.45, 2.75) is 19.3 Å². The van der Waals surface area contributed by atoms with Gasteiger partial charge in [0.15, 0.2) is 11.5 Å². The van der Waals surface area contributed by atoms with Gasteiger partial charge in [0.2, 0.25) is 0 Å². The zero-order chi connectivity index (χ0) is 14.1. The topological polar surface area (TPSA) is 59.7 Å². The molecule has 3 aromatic heterocycles. The zero-order valence-electron chi connectivity index (χ0n) is 11.7. The van der Waals surface area contributed by atoms with Gasteiger partial charge in [-0.25, -0.2) is 15.0 Å². The van der Waals surface area contributed by atoms with Gasteiger partial charge in [0.05, 0.1) is 11.6 Å². The highest BCUT2D eigenvalue weighted by Gasteiger charge is 2.18. The maximum absolute atomic E-state index is 4.48. The number of piperidine rings is 1. The van der Waals surface area contributed by atoms with Crippen LogP contribution >= 0.6 is 0 Å². The minimum Gasteiger partial charge on any atom is -0.356 e. The molecule has 0 bridgehead atoms. The van der Waals surface area contributed by atoms with Gasteiger partial charge in [0.25, 0.3) is 0 Å². The zero-order valence-corrected chi connectivity index (χ0v) is 11.7. The van der Waals surface area contributed by atoms with Crippen molar-refractivity contribution in [3.8, 4) is 5.82 Å². The predicted molar refractivity (Wildman–Crippen MR) is 80.5 cm³/mol. The normalized spacial score (nSPS) is 15.5. The van der Waals surface area contributed by atoms with Crippen LogP contribution in [0, 0.1) is 0 Å². The maximum Gasteiger partial charge on any atom is 0.170 e. The summed E-state index contributed by atoms with van der Waals surface area (Å²) in [4.78, 5) is 15.5. The second-order valence-corrected chi connectivity index (χ2v) is 5.23. The number of hydrogen-bond acceptors (Lipinski definition) is 5. The second-order valence-electron chi connectivity index (χ2n) is 5.23. The van der Waals surface area contributed by atoms with E-state index in [0.29, 0.717) is 0 Å². The van der Waals surface area contributed by atoms with E-state index in [2.05, 4.69) is 25.0 Å². The summed E-state index contributed by atoms with van der Waals surface area (Å²) in [6.45, 7) is 2.11. The highest BCUT2D eigenvalue weighted by atomic mass is 15.3. The number of fused-ring (bicyclic) bond motifs is 1. The van der Waals surface area contributed by atoms with Crippen LogP contribution in [0.1, 0.15) is 19.3 Å². The summed E-state index contributed by atoms with van der Waals surface area (Å²) in [6.07, 6.45) is 8.97. The van der Waals surface area contributed by atoms with E-state index in [1.807, 2.05) is 24.4 Å². The Hall–Kier alpha value is -2.50. The highest BCUT2D eigenvalue weighted by molar-refractivity contribution is 5.87. The lowest BCUT2D eigenvalue weighted by Crippen LogP contribution is -2.30. The fraction of sp³-hybridized carbons (Fsp3) is 0.333. The third-order valence-corrected chi connectivity index (χ3v) is 3.87. The Morgan fingerprint density at radius 3 is 2.67 bits per heavy atom. The van der Waals surface area contributed by atoms with Crippen LogP contribution < -0.4 is 4.90 Å². The Bertz CT molecular complexity index is 745. The molecule has 6 heteroatoms. The van der Waals surface area contributed by atoms with E-state index < -0.39 is 0 Å². The summed E-state index contributed by atoms with van der Waals surface area (Å²) in [7, 11) is 0. The molecule has 1 aliphatic rings. The van der Waals surface area contributed by atoms with Gasteiger partial charge in [0.1, 0.15) is 12.1 Å². The molecule has 0 aromatic carbocycles. The first-order chi connectivity index (χ1) is 10.4. The Morgan fingerprint density at radius 1 is 0.952 bits per heavy atom. The van der Waals surface area contributed by atoms with Gasteiger partial charge in [-0.15, -0.1) is 0 Å². The van der Waals surface area contributed by atoms with Crippen molar-refractivity contribution in [2.75, 3.05) is 18.0 Å². The Balaban J connectivity index is 1.83. The number of hydrogen-bond donors (Lipinski definition) is 0. The van der Waals surface area contributed by atoms with Crippen LogP contribution in [0.4, 0.5) is 5.82 Å². The second kappa shape index (κ2) is 5.12. The van der Waals surface area contributed by atoms with Crippen molar-refractivity contribution in [2.24, 2.45) is 0 Å². The van der Waals surface area contributed by atoms with Crippen LogP contribution in [-0.4, -0.2) is 37.8 Å². The molecule has 0 spiro atoms. The highest BCUT2D eigenvalue weighted by Crippen LogP contribution is 2.26. The molecule has 0 atom stereocenters. The molecule has 4 rings (SSSR count). The molecule has 0 unspecified atom stereocenters. The smallest absolute Gasteiger partial charge is 0.170 e. The molecular formula is C15H16N6. The largest absolute Gasteiger partial charge is 0.356 e. The number of pyridine rings is 1. The van der Waals surface area contributed by atoms with Crippen molar-refractivity contribution >= 4 is 16.9 Å². The van der Waals surface area contributed by atoms with Crippen LogP contribution in [0.25, 0.3) is 16.9 Å². The van der Waals surface area contributed by atoms with E-state index in [0.717, 1.165) is 35.8 Å². The predicted octanol–water partition coefficient (Wildman–Crippen LogP) is 2.20. The average Bonchev–Trinajstić information content (AvgIpc) is 3.00. The molecule has 0 saturated carbocycles. The van der Waals surface area contributed by atoms with Gasteiger partial charge in [-0.3, -0.25) is 0 Å². The average molecular weight is 280 g/mol. The molecular weight excluding hydrogens is 264 g/mol. The van der Waals surface area contributed by atoms with Crippen LogP contribution in [-0.2, 0) is 0 Å². The van der Waals surface area contributed by atoms with Crippen LogP contribution in [0.2, 0.25) is 0 Å². The Morgan fingerprint density at radius 2 is 1.86 bits per heavy atom. The number of nitrogens with zero attached hydrogens (tertiary/aromatic N) is 6. The summed E-state index contributed by atoms with van der Waals surface area (Å²) in [6, 6.07) is 5.76. The minimum atomic E-state index is 0.774. The van der Waals surface area contributed by atoms with Gasteiger partial charge in [0, 0.05) is 19.3 Å². The first-order valence-corrected chi connectivity index (χ1v) is 7.28. The van der Waals surface area contributed by atoms with E-state index in [9.17, 15) is 0 Å². The van der Waals surface area contributed by atoms with Crippen molar-refractivity contribution in [3.05, 3.63) is 36.9 Å². The molecule has 21 heavy (non-hydrogen) atoms. The van der Waals surface area contributed by atoms with E-state index in [1.165, 1.54) is 19.3 Å². The number of aromatic nitrogens is 5. The lowest BCUT2D eigenvalue weighted by molar-refractivity contribution is 0.574. The van der Waals surface area contributed by atoms with Gasteiger partial charge in [-0.1, -0.05) is 6.07 Å². The van der Waals surface area contributed by atoms with Crippen LogP contribution in [0.5, 0.6) is 0 Å². The molecule has 3 aromatic rings. The summed E-state index contributed by atoms with van der Waals surface area (Å²) in [5, 5.41) is 5.44. The monoisotopic (exact) mass is 280 g/mol. The molecule has 1 aliphatic heterocycles.